The lowest BCUT2D eigenvalue weighted by molar-refractivity contribution is -0.122. The van der Waals surface area contributed by atoms with Crippen LogP contribution in [-0.2, 0) is 4.79 Å². The minimum absolute atomic E-state index is 0.145. The van der Waals surface area contributed by atoms with Gasteiger partial charge in [0.1, 0.15) is 12.0 Å². The molecule has 2 aromatic rings. The van der Waals surface area contributed by atoms with Crippen LogP contribution < -0.4 is 10.1 Å². The third-order valence-corrected chi connectivity index (χ3v) is 3.36. The molecule has 6 heteroatoms. The fourth-order valence-electron chi connectivity index (χ4n) is 2.03. The Morgan fingerprint density at radius 2 is 1.75 bits per heavy atom. The molecule has 2 rings (SSSR count). The molecule has 6 nitrogen and oxygen atoms in total. The molecule has 0 aliphatic carbocycles. The van der Waals surface area contributed by atoms with Gasteiger partial charge in [-0.1, -0.05) is 6.92 Å². The van der Waals surface area contributed by atoms with Crippen molar-refractivity contribution in [3.63, 3.8) is 0 Å². The maximum atomic E-state index is 12.3. The van der Waals surface area contributed by atoms with Crippen molar-refractivity contribution in [3.05, 3.63) is 59.7 Å². The van der Waals surface area contributed by atoms with Gasteiger partial charge >= 0.3 is 5.97 Å². The summed E-state index contributed by atoms with van der Waals surface area (Å²) in [6.45, 7) is 1.82. The van der Waals surface area contributed by atoms with Gasteiger partial charge in [0.15, 0.2) is 6.10 Å². The number of nitrogens with one attached hydrogen (secondary N) is 1. The highest BCUT2D eigenvalue weighted by Gasteiger charge is 2.18. The lowest BCUT2D eigenvalue weighted by Gasteiger charge is -2.17. The van der Waals surface area contributed by atoms with E-state index in [0.717, 1.165) is 6.29 Å². The maximum absolute atomic E-state index is 12.3. The van der Waals surface area contributed by atoms with Crippen LogP contribution in [0, 0.1) is 0 Å². The Morgan fingerprint density at radius 1 is 1.12 bits per heavy atom. The number of carbonyl (C=O) groups excluding carboxylic acids is 2. The summed E-state index contributed by atoms with van der Waals surface area (Å²) in [5.41, 5.74) is 1.16. The first-order valence-corrected chi connectivity index (χ1v) is 7.39. The van der Waals surface area contributed by atoms with Crippen LogP contribution in [0.4, 0.5) is 5.69 Å². The maximum Gasteiger partial charge on any atom is 0.335 e. The third-order valence-electron chi connectivity index (χ3n) is 3.36. The van der Waals surface area contributed by atoms with Crippen molar-refractivity contribution in [2.75, 3.05) is 5.32 Å². The van der Waals surface area contributed by atoms with Gasteiger partial charge in [-0.3, -0.25) is 9.59 Å². The number of aromatic carboxylic acids is 1. The van der Waals surface area contributed by atoms with Gasteiger partial charge < -0.3 is 15.2 Å². The standard InChI is InChI=1S/C18H17NO5/c1-2-16(24-15-9-3-12(11-20)4-10-15)17(21)19-14-7-5-13(6-8-14)18(22)23/h3-11,16H,2H2,1H3,(H,19,21)(H,22,23). The molecule has 2 N–H and O–H groups in total. The second-order valence-electron chi connectivity index (χ2n) is 5.07. The number of carboxylic acids is 1. The summed E-state index contributed by atoms with van der Waals surface area (Å²) in [5.74, 6) is -0.870. The van der Waals surface area contributed by atoms with E-state index in [4.69, 9.17) is 9.84 Å². The Balaban J connectivity index is 2.02. The summed E-state index contributed by atoms with van der Waals surface area (Å²) in [5, 5.41) is 11.5. The molecule has 0 spiro atoms. The number of hydrogen-bond acceptors (Lipinski definition) is 4. The molecule has 0 aromatic heterocycles. The van der Waals surface area contributed by atoms with E-state index in [9.17, 15) is 14.4 Å². The van der Waals surface area contributed by atoms with Crippen LogP contribution in [0.25, 0.3) is 0 Å². The highest BCUT2D eigenvalue weighted by Crippen LogP contribution is 2.16. The number of carbonyl (C=O) groups is 3. The van der Waals surface area contributed by atoms with E-state index >= 15 is 0 Å². The van der Waals surface area contributed by atoms with Crippen LogP contribution in [0.2, 0.25) is 0 Å². The van der Waals surface area contributed by atoms with Crippen molar-refractivity contribution in [1.82, 2.24) is 0 Å². The number of hydrogen-bond donors (Lipinski definition) is 2. The van der Waals surface area contributed by atoms with E-state index in [-0.39, 0.29) is 11.5 Å². The predicted molar refractivity (Wildman–Crippen MR) is 88.6 cm³/mol. The average Bonchev–Trinajstić information content (AvgIpc) is 2.60. The molecule has 1 unspecified atom stereocenters. The topological polar surface area (TPSA) is 92.7 Å². The van der Waals surface area contributed by atoms with E-state index in [2.05, 4.69) is 5.32 Å². The highest BCUT2D eigenvalue weighted by atomic mass is 16.5. The molecular formula is C18H17NO5. The molecule has 124 valence electrons. The van der Waals surface area contributed by atoms with E-state index in [0.29, 0.717) is 23.4 Å². The minimum atomic E-state index is -1.03. The molecule has 0 fully saturated rings. The van der Waals surface area contributed by atoms with Crippen LogP contribution in [-0.4, -0.2) is 29.4 Å². The second kappa shape index (κ2) is 7.92. The quantitative estimate of drug-likeness (QED) is 0.763. The zero-order valence-electron chi connectivity index (χ0n) is 13.1. The molecule has 0 aliphatic rings. The summed E-state index contributed by atoms with van der Waals surface area (Å²) in [6, 6.07) is 12.3. The number of aldehydes is 1. The molecular weight excluding hydrogens is 310 g/mol. The Hall–Kier alpha value is -3.15. The van der Waals surface area contributed by atoms with Crippen LogP contribution >= 0.6 is 0 Å². The monoisotopic (exact) mass is 327 g/mol. The van der Waals surface area contributed by atoms with Crippen molar-refractivity contribution < 1.29 is 24.2 Å². The molecule has 0 radical (unpaired) electrons. The first-order chi connectivity index (χ1) is 11.5. The molecule has 0 heterocycles. The summed E-state index contributed by atoms with van der Waals surface area (Å²) in [7, 11) is 0. The highest BCUT2D eigenvalue weighted by molar-refractivity contribution is 5.95. The van der Waals surface area contributed by atoms with E-state index < -0.39 is 12.1 Å². The average molecular weight is 327 g/mol. The Morgan fingerprint density at radius 3 is 2.25 bits per heavy atom. The molecule has 0 saturated heterocycles. The van der Waals surface area contributed by atoms with Gasteiger partial charge in [-0.2, -0.15) is 0 Å². The fraction of sp³-hybridized carbons (Fsp3) is 0.167. The number of amides is 1. The zero-order chi connectivity index (χ0) is 17.5. The number of anilines is 1. The predicted octanol–water partition coefficient (Wildman–Crippen LogP) is 2.99. The lowest BCUT2D eigenvalue weighted by atomic mass is 10.2. The van der Waals surface area contributed by atoms with Crippen molar-refractivity contribution in [2.45, 2.75) is 19.4 Å². The second-order valence-corrected chi connectivity index (χ2v) is 5.07. The number of rotatable bonds is 7. The summed E-state index contributed by atoms with van der Waals surface area (Å²) < 4.78 is 5.64. The van der Waals surface area contributed by atoms with Crippen LogP contribution in [0.1, 0.15) is 34.1 Å². The van der Waals surface area contributed by atoms with Gasteiger partial charge in [-0.05, 0) is 55.0 Å². The smallest absolute Gasteiger partial charge is 0.335 e. The SMILES string of the molecule is CCC(Oc1ccc(C=O)cc1)C(=O)Nc1ccc(C(=O)O)cc1. The van der Waals surface area contributed by atoms with Crippen molar-refractivity contribution >= 4 is 23.9 Å². The van der Waals surface area contributed by atoms with Crippen molar-refractivity contribution in [2.24, 2.45) is 0 Å². The van der Waals surface area contributed by atoms with Gasteiger partial charge in [0.25, 0.3) is 5.91 Å². The lowest BCUT2D eigenvalue weighted by Crippen LogP contribution is -2.32. The van der Waals surface area contributed by atoms with E-state index in [1.807, 2.05) is 6.92 Å². The van der Waals surface area contributed by atoms with Gasteiger partial charge in [-0.25, -0.2) is 4.79 Å². The Bertz CT molecular complexity index is 722. The summed E-state index contributed by atoms with van der Waals surface area (Å²) >= 11 is 0. The molecule has 1 atom stereocenters. The summed E-state index contributed by atoms with van der Waals surface area (Å²) in [6.07, 6.45) is 0.481. The molecule has 0 bridgehead atoms. The van der Waals surface area contributed by atoms with Crippen LogP contribution in [0.15, 0.2) is 48.5 Å². The Labute approximate surface area is 139 Å². The fourth-order valence-corrected chi connectivity index (χ4v) is 2.03. The molecule has 24 heavy (non-hydrogen) atoms. The molecule has 0 saturated carbocycles. The van der Waals surface area contributed by atoms with Crippen LogP contribution in [0.3, 0.4) is 0 Å². The van der Waals surface area contributed by atoms with Gasteiger partial charge in [-0.15, -0.1) is 0 Å². The van der Waals surface area contributed by atoms with Gasteiger partial charge in [0, 0.05) is 11.3 Å². The number of benzene rings is 2. The van der Waals surface area contributed by atoms with E-state index in [1.165, 1.54) is 24.3 Å². The summed E-state index contributed by atoms with van der Waals surface area (Å²) in [4.78, 5) is 33.7. The van der Waals surface area contributed by atoms with Crippen molar-refractivity contribution in [3.8, 4) is 5.75 Å². The normalized spacial score (nSPS) is 11.4. The Kier molecular flexibility index (Phi) is 5.68. The molecule has 1 amide bonds. The molecule has 0 aliphatic heterocycles. The van der Waals surface area contributed by atoms with E-state index in [1.54, 1.807) is 24.3 Å². The van der Waals surface area contributed by atoms with Crippen LogP contribution in [0.5, 0.6) is 5.75 Å². The minimum Gasteiger partial charge on any atom is -0.481 e. The van der Waals surface area contributed by atoms with Crippen molar-refractivity contribution in [1.29, 1.82) is 0 Å². The first-order valence-electron chi connectivity index (χ1n) is 7.39. The largest absolute Gasteiger partial charge is 0.481 e. The molecule has 2 aromatic carbocycles. The number of carboxylic acid groups (broad SMARTS) is 1. The zero-order valence-corrected chi connectivity index (χ0v) is 13.1. The van der Waals surface area contributed by atoms with Gasteiger partial charge in [0.05, 0.1) is 5.56 Å². The third kappa shape index (κ3) is 4.42. The first kappa shape index (κ1) is 17.2. The van der Waals surface area contributed by atoms with Gasteiger partial charge in [0.2, 0.25) is 0 Å². The number of ether oxygens (including phenoxy) is 1.